The Morgan fingerprint density at radius 3 is 2.65 bits per heavy atom. The highest BCUT2D eigenvalue weighted by Gasteiger charge is 2.12. The molecule has 0 aliphatic rings. The van der Waals surface area contributed by atoms with Gasteiger partial charge in [-0.05, 0) is 41.6 Å². The molecule has 1 aromatic carbocycles. The minimum Gasteiger partial charge on any atom is -0.496 e. The SMILES string of the molecule is COc1cc(-c2cc(C)cs2)ccc1C(=O)O. The third kappa shape index (κ3) is 2.31. The highest BCUT2D eigenvalue weighted by Crippen LogP contribution is 2.31. The molecule has 0 amide bonds. The van der Waals surface area contributed by atoms with Crippen molar-refractivity contribution in [3.63, 3.8) is 0 Å². The van der Waals surface area contributed by atoms with E-state index in [0.29, 0.717) is 5.75 Å². The van der Waals surface area contributed by atoms with Crippen LogP contribution in [0.3, 0.4) is 0 Å². The average Bonchev–Trinajstić information content (AvgIpc) is 2.75. The van der Waals surface area contributed by atoms with E-state index < -0.39 is 5.97 Å². The van der Waals surface area contributed by atoms with Crippen LogP contribution in [0.15, 0.2) is 29.6 Å². The standard InChI is InChI=1S/C13H12O3S/c1-8-5-12(17-7-8)9-3-4-10(13(14)15)11(6-9)16-2/h3-7H,1-2H3,(H,14,15). The minimum atomic E-state index is -0.976. The fraction of sp³-hybridized carbons (Fsp3) is 0.154. The summed E-state index contributed by atoms with van der Waals surface area (Å²) in [5, 5.41) is 11.0. The van der Waals surface area contributed by atoms with E-state index >= 15 is 0 Å². The summed E-state index contributed by atoms with van der Waals surface area (Å²) >= 11 is 1.63. The number of ether oxygens (including phenoxy) is 1. The number of hydrogen-bond donors (Lipinski definition) is 1. The fourth-order valence-electron chi connectivity index (χ4n) is 1.60. The number of methoxy groups -OCH3 is 1. The van der Waals surface area contributed by atoms with E-state index in [9.17, 15) is 4.79 Å². The maximum Gasteiger partial charge on any atom is 0.339 e. The van der Waals surface area contributed by atoms with Crippen LogP contribution in [-0.2, 0) is 0 Å². The van der Waals surface area contributed by atoms with Crippen LogP contribution in [0.25, 0.3) is 10.4 Å². The second-order valence-electron chi connectivity index (χ2n) is 3.71. The van der Waals surface area contributed by atoms with Crippen LogP contribution in [0.1, 0.15) is 15.9 Å². The predicted molar refractivity (Wildman–Crippen MR) is 68.0 cm³/mol. The number of carbonyl (C=O) groups is 1. The van der Waals surface area contributed by atoms with E-state index in [1.54, 1.807) is 29.5 Å². The van der Waals surface area contributed by atoms with Gasteiger partial charge in [0.25, 0.3) is 0 Å². The van der Waals surface area contributed by atoms with Gasteiger partial charge in [-0.15, -0.1) is 11.3 Å². The molecule has 0 saturated carbocycles. The van der Waals surface area contributed by atoms with Gasteiger partial charge in [-0.3, -0.25) is 0 Å². The van der Waals surface area contributed by atoms with Crippen molar-refractivity contribution in [3.8, 4) is 16.2 Å². The fourth-order valence-corrected chi connectivity index (χ4v) is 2.50. The van der Waals surface area contributed by atoms with Crippen LogP contribution >= 0.6 is 11.3 Å². The molecule has 0 saturated heterocycles. The Labute approximate surface area is 103 Å². The van der Waals surface area contributed by atoms with Crippen molar-refractivity contribution in [1.29, 1.82) is 0 Å². The lowest BCUT2D eigenvalue weighted by atomic mass is 10.1. The molecule has 1 aromatic heterocycles. The van der Waals surface area contributed by atoms with Crippen molar-refractivity contribution in [2.75, 3.05) is 7.11 Å². The van der Waals surface area contributed by atoms with Crippen molar-refractivity contribution in [1.82, 2.24) is 0 Å². The molecule has 4 heteroatoms. The van der Waals surface area contributed by atoms with Crippen LogP contribution in [0.2, 0.25) is 0 Å². The van der Waals surface area contributed by atoms with Crippen molar-refractivity contribution >= 4 is 17.3 Å². The second-order valence-corrected chi connectivity index (χ2v) is 4.62. The van der Waals surface area contributed by atoms with Gasteiger partial charge in [0.2, 0.25) is 0 Å². The second kappa shape index (κ2) is 4.59. The average molecular weight is 248 g/mol. The summed E-state index contributed by atoms with van der Waals surface area (Å²) < 4.78 is 5.10. The lowest BCUT2D eigenvalue weighted by Gasteiger charge is -2.06. The summed E-state index contributed by atoms with van der Waals surface area (Å²) in [6.45, 7) is 2.03. The van der Waals surface area contributed by atoms with Crippen LogP contribution in [-0.4, -0.2) is 18.2 Å². The van der Waals surface area contributed by atoms with Crippen LogP contribution in [0, 0.1) is 6.92 Å². The first kappa shape index (κ1) is 11.7. The number of aromatic carboxylic acids is 1. The third-order valence-corrected chi connectivity index (χ3v) is 3.54. The van der Waals surface area contributed by atoms with E-state index in [1.807, 2.05) is 6.92 Å². The van der Waals surface area contributed by atoms with Gasteiger partial charge in [-0.25, -0.2) is 4.79 Å². The normalized spacial score (nSPS) is 10.2. The first-order valence-electron chi connectivity index (χ1n) is 5.08. The number of carboxylic acid groups (broad SMARTS) is 1. The molecule has 1 N–H and O–H groups in total. The summed E-state index contributed by atoms with van der Waals surface area (Å²) in [4.78, 5) is 12.1. The van der Waals surface area contributed by atoms with Crippen LogP contribution in [0.4, 0.5) is 0 Å². The summed E-state index contributed by atoms with van der Waals surface area (Å²) in [5.74, 6) is -0.586. The maximum atomic E-state index is 11.0. The van der Waals surface area contributed by atoms with E-state index in [1.165, 1.54) is 12.7 Å². The van der Waals surface area contributed by atoms with E-state index in [2.05, 4.69) is 11.4 Å². The number of thiophene rings is 1. The lowest BCUT2D eigenvalue weighted by molar-refractivity contribution is 0.0693. The Morgan fingerprint density at radius 2 is 2.12 bits per heavy atom. The zero-order valence-corrected chi connectivity index (χ0v) is 10.4. The Morgan fingerprint density at radius 1 is 1.35 bits per heavy atom. The van der Waals surface area contributed by atoms with E-state index in [0.717, 1.165) is 10.4 Å². The molecule has 0 aliphatic heterocycles. The molecular weight excluding hydrogens is 236 g/mol. The topological polar surface area (TPSA) is 46.5 Å². The van der Waals surface area contributed by atoms with Gasteiger partial charge in [0.1, 0.15) is 11.3 Å². The molecule has 2 rings (SSSR count). The highest BCUT2D eigenvalue weighted by atomic mass is 32.1. The van der Waals surface area contributed by atoms with Gasteiger partial charge in [-0.2, -0.15) is 0 Å². The van der Waals surface area contributed by atoms with Crippen molar-refractivity contribution in [2.45, 2.75) is 6.92 Å². The number of benzene rings is 1. The van der Waals surface area contributed by atoms with Gasteiger partial charge in [0.05, 0.1) is 7.11 Å². The van der Waals surface area contributed by atoms with Gasteiger partial charge in [0, 0.05) is 4.88 Å². The molecule has 88 valence electrons. The predicted octanol–water partition coefficient (Wildman–Crippen LogP) is 3.43. The van der Waals surface area contributed by atoms with Crippen molar-refractivity contribution in [2.24, 2.45) is 0 Å². The van der Waals surface area contributed by atoms with Crippen molar-refractivity contribution in [3.05, 3.63) is 40.8 Å². The van der Waals surface area contributed by atoms with Gasteiger partial charge < -0.3 is 9.84 Å². The summed E-state index contributed by atoms with van der Waals surface area (Å²) in [6.07, 6.45) is 0. The molecule has 0 fully saturated rings. The quantitative estimate of drug-likeness (QED) is 0.905. The van der Waals surface area contributed by atoms with Crippen LogP contribution in [0.5, 0.6) is 5.75 Å². The molecule has 3 nitrogen and oxygen atoms in total. The summed E-state index contributed by atoms with van der Waals surface area (Å²) in [5.41, 5.74) is 2.36. The summed E-state index contributed by atoms with van der Waals surface area (Å²) in [6, 6.07) is 7.21. The minimum absolute atomic E-state index is 0.185. The molecule has 2 aromatic rings. The molecule has 0 atom stereocenters. The molecule has 17 heavy (non-hydrogen) atoms. The molecule has 1 heterocycles. The van der Waals surface area contributed by atoms with Gasteiger partial charge >= 0.3 is 5.97 Å². The van der Waals surface area contributed by atoms with E-state index in [-0.39, 0.29) is 5.56 Å². The highest BCUT2D eigenvalue weighted by molar-refractivity contribution is 7.13. The largest absolute Gasteiger partial charge is 0.496 e. The third-order valence-electron chi connectivity index (χ3n) is 2.45. The number of hydrogen-bond acceptors (Lipinski definition) is 3. The maximum absolute atomic E-state index is 11.0. The van der Waals surface area contributed by atoms with Gasteiger partial charge in [0.15, 0.2) is 0 Å². The Balaban J connectivity index is 2.48. The first-order chi connectivity index (χ1) is 8.11. The smallest absolute Gasteiger partial charge is 0.339 e. The Bertz CT molecular complexity index is 558. The number of carboxylic acids is 1. The zero-order valence-electron chi connectivity index (χ0n) is 9.56. The van der Waals surface area contributed by atoms with E-state index in [4.69, 9.17) is 9.84 Å². The Hall–Kier alpha value is -1.81. The lowest BCUT2D eigenvalue weighted by Crippen LogP contribution is -2.00. The molecular formula is C13H12O3S. The van der Waals surface area contributed by atoms with Crippen LogP contribution < -0.4 is 4.74 Å². The summed E-state index contributed by atoms with van der Waals surface area (Å²) in [7, 11) is 1.48. The first-order valence-corrected chi connectivity index (χ1v) is 5.96. The molecule has 0 radical (unpaired) electrons. The zero-order chi connectivity index (χ0) is 12.4. The number of rotatable bonds is 3. The van der Waals surface area contributed by atoms with Crippen molar-refractivity contribution < 1.29 is 14.6 Å². The monoisotopic (exact) mass is 248 g/mol. The molecule has 0 bridgehead atoms. The molecule has 0 spiro atoms. The molecule has 0 unspecified atom stereocenters. The Kier molecular flexibility index (Phi) is 3.15. The molecule has 0 aliphatic carbocycles. The van der Waals surface area contributed by atoms with Gasteiger partial charge in [-0.1, -0.05) is 6.07 Å². The number of aryl methyl sites for hydroxylation is 1.